The van der Waals surface area contributed by atoms with Crippen LogP contribution in [-0.2, 0) is 14.3 Å². The van der Waals surface area contributed by atoms with E-state index in [9.17, 15) is 4.79 Å². The SMILES string of the molecule is O=C(Nc1cnc(Br)cn1)C1COCCO1. The quantitative estimate of drug-likeness (QED) is 0.862. The Balaban J connectivity index is 1.93. The molecule has 1 fully saturated rings. The molecule has 0 aromatic carbocycles. The van der Waals surface area contributed by atoms with Gasteiger partial charge >= 0.3 is 0 Å². The first-order valence-corrected chi connectivity index (χ1v) is 5.53. The molecule has 86 valence electrons. The number of aromatic nitrogens is 2. The van der Waals surface area contributed by atoms with Gasteiger partial charge in [-0.15, -0.1) is 0 Å². The van der Waals surface area contributed by atoms with Gasteiger partial charge in [0.25, 0.3) is 5.91 Å². The summed E-state index contributed by atoms with van der Waals surface area (Å²) < 4.78 is 11.0. The summed E-state index contributed by atoms with van der Waals surface area (Å²) in [6, 6.07) is 0. The minimum atomic E-state index is -0.570. The molecule has 7 heteroatoms. The Morgan fingerprint density at radius 3 is 2.94 bits per heavy atom. The Labute approximate surface area is 100 Å². The summed E-state index contributed by atoms with van der Waals surface area (Å²) in [4.78, 5) is 19.6. The van der Waals surface area contributed by atoms with Crippen LogP contribution in [-0.4, -0.2) is 41.8 Å². The largest absolute Gasteiger partial charge is 0.376 e. The molecule has 1 aliphatic heterocycles. The van der Waals surface area contributed by atoms with Crippen LogP contribution < -0.4 is 5.32 Å². The van der Waals surface area contributed by atoms with Crippen molar-refractivity contribution in [1.82, 2.24) is 9.97 Å². The van der Waals surface area contributed by atoms with Crippen LogP contribution in [0.5, 0.6) is 0 Å². The number of anilines is 1. The molecule has 0 saturated carbocycles. The number of carbonyl (C=O) groups is 1. The Morgan fingerprint density at radius 2 is 2.31 bits per heavy atom. The molecule has 1 aromatic rings. The lowest BCUT2D eigenvalue weighted by Gasteiger charge is -2.21. The van der Waals surface area contributed by atoms with E-state index in [1.165, 1.54) is 12.4 Å². The molecule has 16 heavy (non-hydrogen) atoms. The first kappa shape index (κ1) is 11.4. The third-order valence-electron chi connectivity index (χ3n) is 1.98. The molecular formula is C9H10BrN3O3. The molecule has 1 unspecified atom stereocenters. The highest BCUT2D eigenvalue weighted by Gasteiger charge is 2.22. The number of nitrogens with zero attached hydrogens (tertiary/aromatic N) is 2. The molecule has 1 amide bonds. The molecule has 1 atom stereocenters. The summed E-state index contributed by atoms with van der Waals surface area (Å²) in [6.07, 6.45) is 2.40. The van der Waals surface area contributed by atoms with Gasteiger partial charge in [0.05, 0.1) is 32.2 Å². The number of ether oxygens (including phenoxy) is 2. The second-order valence-electron chi connectivity index (χ2n) is 3.15. The van der Waals surface area contributed by atoms with E-state index < -0.39 is 6.10 Å². The Kier molecular flexibility index (Phi) is 3.81. The van der Waals surface area contributed by atoms with Gasteiger partial charge in [0.1, 0.15) is 4.60 Å². The third kappa shape index (κ3) is 2.97. The summed E-state index contributed by atoms with van der Waals surface area (Å²) in [6.45, 7) is 1.24. The Hall–Kier alpha value is -1.05. The van der Waals surface area contributed by atoms with E-state index in [-0.39, 0.29) is 12.5 Å². The molecule has 0 aliphatic carbocycles. The van der Waals surface area contributed by atoms with Gasteiger partial charge in [-0.25, -0.2) is 9.97 Å². The van der Waals surface area contributed by atoms with Gasteiger partial charge in [0, 0.05) is 0 Å². The van der Waals surface area contributed by atoms with Crippen LogP contribution in [0.4, 0.5) is 5.82 Å². The first-order chi connectivity index (χ1) is 7.75. The summed E-state index contributed by atoms with van der Waals surface area (Å²) in [5.74, 6) is 0.124. The number of hydrogen-bond acceptors (Lipinski definition) is 5. The number of hydrogen-bond donors (Lipinski definition) is 1. The average molecular weight is 288 g/mol. The molecular weight excluding hydrogens is 278 g/mol. The van der Waals surface area contributed by atoms with Crippen molar-refractivity contribution < 1.29 is 14.3 Å². The van der Waals surface area contributed by atoms with Crippen LogP contribution in [0.2, 0.25) is 0 Å². The van der Waals surface area contributed by atoms with Gasteiger partial charge in [0.15, 0.2) is 11.9 Å². The van der Waals surface area contributed by atoms with Crippen LogP contribution in [0.15, 0.2) is 17.0 Å². The number of rotatable bonds is 2. The molecule has 2 heterocycles. The minimum absolute atomic E-state index is 0.267. The molecule has 1 saturated heterocycles. The second-order valence-corrected chi connectivity index (χ2v) is 3.96. The molecule has 6 nitrogen and oxygen atoms in total. The highest BCUT2D eigenvalue weighted by molar-refractivity contribution is 9.10. The molecule has 1 N–H and O–H groups in total. The first-order valence-electron chi connectivity index (χ1n) is 4.73. The predicted molar refractivity (Wildman–Crippen MR) is 58.9 cm³/mol. The number of carbonyl (C=O) groups excluding carboxylic acids is 1. The van der Waals surface area contributed by atoms with Crippen molar-refractivity contribution in [2.24, 2.45) is 0 Å². The zero-order chi connectivity index (χ0) is 11.4. The highest BCUT2D eigenvalue weighted by Crippen LogP contribution is 2.08. The van der Waals surface area contributed by atoms with E-state index in [4.69, 9.17) is 9.47 Å². The van der Waals surface area contributed by atoms with Crippen molar-refractivity contribution in [3.8, 4) is 0 Å². The van der Waals surface area contributed by atoms with Crippen molar-refractivity contribution in [1.29, 1.82) is 0 Å². The Bertz CT molecular complexity index is 365. The lowest BCUT2D eigenvalue weighted by atomic mass is 10.3. The zero-order valence-corrected chi connectivity index (χ0v) is 9.94. The molecule has 2 rings (SSSR count). The van der Waals surface area contributed by atoms with E-state index in [1.54, 1.807) is 0 Å². The molecule has 0 bridgehead atoms. The maximum absolute atomic E-state index is 11.7. The van der Waals surface area contributed by atoms with Gasteiger partial charge in [-0.2, -0.15) is 0 Å². The molecule has 0 radical (unpaired) electrons. The predicted octanol–water partition coefficient (Wildman–Crippen LogP) is 0.593. The lowest BCUT2D eigenvalue weighted by molar-refractivity contribution is -0.142. The molecule has 0 spiro atoms. The summed E-state index contributed by atoms with van der Waals surface area (Å²) in [5.41, 5.74) is 0. The average Bonchev–Trinajstić information content (AvgIpc) is 2.33. The van der Waals surface area contributed by atoms with Gasteiger partial charge in [-0.05, 0) is 15.9 Å². The van der Waals surface area contributed by atoms with Crippen LogP contribution >= 0.6 is 15.9 Å². The monoisotopic (exact) mass is 287 g/mol. The fourth-order valence-corrected chi connectivity index (χ4v) is 1.43. The summed E-state index contributed by atoms with van der Waals surface area (Å²) >= 11 is 3.16. The van der Waals surface area contributed by atoms with E-state index in [1.807, 2.05) is 0 Å². The van der Waals surface area contributed by atoms with E-state index in [0.29, 0.717) is 23.6 Å². The topological polar surface area (TPSA) is 73.3 Å². The van der Waals surface area contributed by atoms with Gasteiger partial charge in [-0.3, -0.25) is 4.79 Å². The van der Waals surface area contributed by atoms with Crippen LogP contribution in [0.1, 0.15) is 0 Å². The maximum atomic E-state index is 11.7. The van der Waals surface area contributed by atoms with E-state index >= 15 is 0 Å². The fourth-order valence-electron chi connectivity index (χ4n) is 1.22. The van der Waals surface area contributed by atoms with Crippen molar-refractivity contribution in [2.45, 2.75) is 6.10 Å². The van der Waals surface area contributed by atoms with Gasteiger partial charge in [0.2, 0.25) is 0 Å². The maximum Gasteiger partial charge on any atom is 0.257 e. The summed E-state index contributed by atoms with van der Waals surface area (Å²) in [5, 5.41) is 2.60. The highest BCUT2D eigenvalue weighted by atomic mass is 79.9. The van der Waals surface area contributed by atoms with Crippen molar-refractivity contribution in [2.75, 3.05) is 25.1 Å². The van der Waals surface area contributed by atoms with E-state index in [2.05, 4.69) is 31.2 Å². The number of amides is 1. The van der Waals surface area contributed by atoms with Gasteiger partial charge in [-0.1, -0.05) is 0 Å². The van der Waals surface area contributed by atoms with Crippen LogP contribution in [0.25, 0.3) is 0 Å². The minimum Gasteiger partial charge on any atom is -0.376 e. The second kappa shape index (κ2) is 5.33. The van der Waals surface area contributed by atoms with Crippen molar-refractivity contribution in [3.63, 3.8) is 0 Å². The molecule has 1 aliphatic rings. The van der Waals surface area contributed by atoms with Crippen molar-refractivity contribution >= 4 is 27.7 Å². The number of halogens is 1. The fraction of sp³-hybridized carbons (Fsp3) is 0.444. The van der Waals surface area contributed by atoms with Crippen molar-refractivity contribution in [3.05, 3.63) is 17.0 Å². The van der Waals surface area contributed by atoms with Gasteiger partial charge < -0.3 is 14.8 Å². The smallest absolute Gasteiger partial charge is 0.257 e. The number of nitrogens with one attached hydrogen (secondary N) is 1. The van der Waals surface area contributed by atoms with Crippen LogP contribution in [0, 0.1) is 0 Å². The summed E-state index contributed by atoms with van der Waals surface area (Å²) in [7, 11) is 0. The molecule has 1 aromatic heterocycles. The van der Waals surface area contributed by atoms with E-state index in [0.717, 1.165) is 0 Å². The zero-order valence-electron chi connectivity index (χ0n) is 8.35. The third-order valence-corrected chi connectivity index (χ3v) is 2.39. The normalized spacial score (nSPS) is 20.4. The standard InChI is InChI=1S/C9H10BrN3O3/c10-7-3-12-8(4-11-7)13-9(14)6-5-15-1-2-16-6/h3-4,6H,1-2,5H2,(H,12,13,14). The lowest BCUT2D eigenvalue weighted by Crippen LogP contribution is -2.39. The Morgan fingerprint density at radius 1 is 1.44 bits per heavy atom. The van der Waals surface area contributed by atoms with Crippen LogP contribution in [0.3, 0.4) is 0 Å².